The maximum absolute atomic E-state index is 12.9. The molecule has 150 valence electrons. The van der Waals surface area contributed by atoms with Crippen molar-refractivity contribution in [1.29, 1.82) is 5.26 Å². The molecule has 3 heterocycles. The first kappa shape index (κ1) is 19.2. The van der Waals surface area contributed by atoms with Crippen LogP contribution in [0.5, 0.6) is 5.75 Å². The molecular formula is C20H21N5O3S. The van der Waals surface area contributed by atoms with Crippen molar-refractivity contribution >= 4 is 39.8 Å². The highest BCUT2D eigenvalue weighted by atomic mass is 32.1. The van der Waals surface area contributed by atoms with Crippen LogP contribution in [-0.4, -0.2) is 28.9 Å². The van der Waals surface area contributed by atoms with Gasteiger partial charge in [0.25, 0.3) is 5.91 Å². The molecule has 8 nitrogen and oxygen atoms in total. The maximum Gasteiger partial charge on any atom is 0.272 e. The monoisotopic (exact) mass is 411 g/mol. The molecule has 1 aliphatic heterocycles. The molecule has 0 saturated carbocycles. The summed E-state index contributed by atoms with van der Waals surface area (Å²) in [5.41, 5.74) is 6.21. The van der Waals surface area contributed by atoms with E-state index in [0.29, 0.717) is 16.3 Å². The van der Waals surface area contributed by atoms with Crippen LogP contribution in [0.1, 0.15) is 42.7 Å². The van der Waals surface area contributed by atoms with Crippen LogP contribution in [0.3, 0.4) is 0 Å². The quantitative estimate of drug-likeness (QED) is 0.801. The number of hydrogen-bond acceptors (Lipinski definition) is 7. The molecule has 2 aromatic rings. The van der Waals surface area contributed by atoms with Gasteiger partial charge < -0.3 is 15.8 Å². The topological polar surface area (TPSA) is 121 Å². The van der Waals surface area contributed by atoms with Crippen molar-refractivity contribution in [2.24, 2.45) is 0 Å². The number of nitrogens with two attached hydrogens (primary N) is 1. The van der Waals surface area contributed by atoms with E-state index in [1.165, 1.54) is 16.2 Å². The van der Waals surface area contributed by atoms with Gasteiger partial charge in [-0.05, 0) is 57.2 Å². The van der Waals surface area contributed by atoms with E-state index in [1.54, 1.807) is 26.0 Å². The number of nitriles is 1. The molecule has 2 aliphatic rings. The average molecular weight is 411 g/mol. The van der Waals surface area contributed by atoms with Gasteiger partial charge in [-0.1, -0.05) is 0 Å². The Morgan fingerprint density at radius 1 is 1.41 bits per heavy atom. The Labute approximate surface area is 172 Å². The molecule has 0 spiro atoms. The van der Waals surface area contributed by atoms with Crippen LogP contribution >= 0.6 is 11.3 Å². The zero-order valence-electron chi connectivity index (χ0n) is 16.2. The van der Waals surface area contributed by atoms with Crippen molar-refractivity contribution in [3.05, 3.63) is 28.1 Å². The van der Waals surface area contributed by atoms with Crippen LogP contribution < -0.4 is 20.7 Å². The standard InChI is InChI=1S/C20H21N5O3S/c1-20(2)19(27)25(17-13(28-20)7-8-15(22)23-17)10-16(26)24-18-12(9-21)11-5-3-4-6-14(11)29-18/h7-8H,3-6,10H2,1-2H3,(H2,22,23)(H,24,26). The number of fused-ring (bicyclic) bond motifs is 2. The van der Waals surface area contributed by atoms with Crippen LogP contribution in [-0.2, 0) is 22.4 Å². The number of amides is 2. The summed E-state index contributed by atoms with van der Waals surface area (Å²) in [7, 11) is 0. The fourth-order valence-corrected chi connectivity index (χ4v) is 4.95. The molecule has 1 aliphatic carbocycles. The van der Waals surface area contributed by atoms with Gasteiger partial charge in [-0.3, -0.25) is 14.5 Å². The van der Waals surface area contributed by atoms with Crippen LogP contribution in [0, 0.1) is 11.3 Å². The smallest absolute Gasteiger partial charge is 0.272 e. The zero-order chi connectivity index (χ0) is 20.8. The van der Waals surface area contributed by atoms with Gasteiger partial charge >= 0.3 is 0 Å². The fraction of sp³-hybridized carbons (Fsp3) is 0.400. The number of aryl methyl sites for hydroxylation is 1. The van der Waals surface area contributed by atoms with Gasteiger partial charge in [-0.2, -0.15) is 5.26 Å². The fourth-order valence-electron chi connectivity index (χ4n) is 3.69. The van der Waals surface area contributed by atoms with E-state index in [2.05, 4.69) is 16.4 Å². The summed E-state index contributed by atoms with van der Waals surface area (Å²) < 4.78 is 5.73. The van der Waals surface area contributed by atoms with Gasteiger partial charge in [0.2, 0.25) is 5.91 Å². The first-order valence-electron chi connectivity index (χ1n) is 9.42. The molecule has 2 amide bonds. The minimum atomic E-state index is -1.13. The molecule has 0 aromatic carbocycles. The zero-order valence-corrected chi connectivity index (χ0v) is 17.1. The van der Waals surface area contributed by atoms with Crippen LogP contribution in [0.25, 0.3) is 0 Å². The third kappa shape index (κ3) is 3.40. The van der Waals surface area contributed by atoms with Gasteiger partial charge in [0.05, 0.1) is 5.56 Å². The van der Waals surface area contributed by atoms with E-state index in [4.69, 9.17) is 10.5 Å². The molecule has 0 atom stereocenters. The van der Waals surface area contributed by atoms with Crippen molar-refractivity contribution in [3.63, 3.8) is 0 Å². The Bertz CT molecular complexity index is 1050. The molecule has 2 aromatic heterocycles. The number of nitrogens with one attached hydrogen (secondary N) is 1. The summed E-state index contributed by atoms with van der Waals surface area (Å²) in [6.45, 7) is 3.03. The van der Waals surface area contributed by atoms with Gasteiger partial charge in [0.15, 0.2) is 17.2 Å². The maximum atomic E-state index is 12.9. The summed E-state index contributed by atoms with van der Waals surface area (Å²) >= 11 is 1.45. The van der Waals surface area contributed by atoms with Gasteiger partial charge in [-0.25, -0.2) is 4.98 Å². The summed E-state index contributed by atoms with van der Waals surface area (Å²) in [5, 5.41) is 12.9. The first-order chi connectivity index (χ1) is 13.8. The number of carbonyl (C=O) groups excluding carboxylic acids is 2. The van der Waals surface area contributed by atoms with Crippen molar-refractivity contribution in [3.8, 4) is 11.8 Å². The minimum absolute atomic E-state index is 0.218. The molecular weight excluding hydrogens is 390 g/mol. The Morgan fingerprint density at radius 3 is 2.93 bits per heavy atom. The number of pyridine rings is 1. The lowest BCUT2D eigenvalue weighted by Gasteiger charge is -2.37. The van der Waals surface area contributed by atoms with Crippen LogP contribution in [0.2, 0.25) is 0 Å². The summed E-state index contributed by atoms with van der Waals surface area (Å²) in [6.07, 6.45) is 3.93. The van der Waals surface area contributed by atoms with E-state index >= 15 is 0 Å². The second-order valence-electron chi connectivity index (χ2n) is 7.64. The van der Waals surface area contributed by atoms with E-state index in [0.717, 1.165) is 36.1 Å². The predicted octanol–water partition coefficient (Wildman–Crippen LogP) is 2.62. The van der Waals surface area contributed by atoms with Crippen LogP contribution in [0.4, 0.5) is 16.6 Å². The highest BCUT2D eigenvalue weighted by molar-refractivity contribution is 7.16. The lowest BCUT2D eigenvalue weighted by atomic mass is 9.96. The second-order valence-corrected chi connectivity index (χ2v) is 8.74. The van der Waals surface area contributed by atoms with Gasteiger partial charge in [0.1, 0.15) is 23.4 Å². The first-order valence-corrected chi connectivity index (χ1v) is 10.2. The molecule has 29 heavy (non-hydrogen) atoms. The van der Waals surface area contributed by atoms with Gasteiger partial charge in [-0.15, -0.1) is 11.3 Å². The number of anilines is 3. The van der Waals surface area contributed by atoms with E-state index in [1.807, 2.05) is 0 Å². The third-order valence-electron chi connectivity index (χ3n) is 5.08. The molecule has 4 rings (SSSR count). The Hall–Kier alpha value is -3.12. The van der Waals surface area contributed by atoms with Crippen molar-refractivity contribution in [2.45, 2.75) is 45.1 Å². The van der Waals surface area contributed by atoms with E-state index in [-0.39, 0.29) is 24.1 Å². The normalized spacial score (nSPS) is 17.0. The van der Waals surface area contributed by atoms with Gasteiger partial charge in [0, 0.05) is 4.88 Å². The SMILES string of the molecule is CC1(C)Oc2ccc(N)nc2N(CC(=O)Nc2sc3c(c2C#N)CCCC3)C1=O. The highest BCUT2D eigenvalue weighted by Gasteiger charge is 2.42. The Morgan fingerprint density at radius 2 is 2.17 bits per heavy atom. The van der Waals surface area contributed by atoms with Crippen molar-refractivity contribution < 1.29 is 14.3 Å². The predicted molar refractivity (Wildman–Crippen MR) is 110 cm³/mol. The van der Waals surface area contributed by atoms with E-state index in [9.17, 15) is 14.9 Å². The number of nitrogens with zero attached hydrogens (tertiary/aromatic N) is 3. The number of ether oxygens (including phenoxy) is 1. The molecule has 0 saturated heterocycles. The summed E-state index contributed by atoms with van der Waals surface area (Å²) in [4.78, 5) is 32.3. The van der Waals surface area contributed by atoms with Crippen LogP contribution in [0.15, 0.2) is 12.1 Å². The Kier molecular flexibility index (Phi) is 4.67. The number of rotatable bonds is 3. The third-order valence-corrected chi connectivity index (χ3v) is 6.29. The number of carbonyl (C=O) groups is 2. The largest absolute Gasteiger partial charge is 0.474 e. The van der Waals surface area contributed by atoms with E-state index < -0.39 is 11.5 Å². The molecule has 9 heteroatoms. The molecule has 0 fully saturated rings. The number of thiophene rings is 1. The molecule has 0 radical (unpaired) electrons. The highest BCUT2D eigenvalue weighted by Crippen LogP contribution is 2.39. The second kappa shape index (κ2) is 7.04. The Balaban J connectivity index is 1.60. The lowest BCUT2D eigenvalue weighted by Crippen LogP contribution is -2.54. The average Bonchev–Trinajstić information content (AvgIpc) is 3.02. The van der Waals surface area contributed by atoms with Crippen molar-refractivity contribution in [1.82, 2.24) is 4.98 Å². The molecule has 3 N–H and O–H groups in total. The number of aromatic nitrogens is 1. The summed E-state index contributed by atoms with van der Waals surface area (Å²) in [6, 6.07) is 5.44. The lowest BCUT2D eigenvalue weighted by molar-refractivity contribution is -0.133. The minimum Gasteiger partial charge on any atom is -0.474 e. The number of nitrogen functional groups attached to an aromatic ring is 1. The molecule has 0 unspecified atom stereocenters. The van der Waals surface area contributed by atoms with Crippen molar-refractivity contribution in [2.75, 3.05) is 22.5 Å². The summed E-state index contributed by atoms with van der Waals surface area (Å²) in [5.74, 6) is 0.0462. The number of hydrogen-bond donors (Lipinski definition) is 2. The molecule has 0 bridgehead atoms.